The number of likely N-dealkylation sites (tertiary alicyclic amines) is 1. The van der Waals surface area contributed by atoms with Gasteiger partial charge in [0.05, 0.1) is 23.9 Å². The summed E-state index contributed by atoms with van der Waals surface area (Å²) >= 11 is 0. The molecular weight excluding hydrogens is 318 g/mol. The van der Waals surface area contributed by atoms with Gasteiger partial charge in [-0.1, -0.05) is 18.2 Å². The number of likely N-dealkylation sites (N-methyl/N-ethyl adjacent to an activating group) is 1. The van der Waals surface area contributed by atoms with E-state index in [2.05, 4.69) is 4.90 Å². The lowest BCUT2D eigenvalue weighted by atomic mass is 9.92. The summed E-state index contributed by atoms with van der Waals surface area (Å²) in [6.45, 7) is 2.26. The van der Waals surface area contributed by atoms with Gasteiger partial charge in [-0.05, 0) is 31.7 Å². The van der Waals surface area contributed by atoms with Crippen LogP contribution in [0.3, 0.4) is 0 Å². The van der Waals surface area contributed by atoms with Gasteiger partial charge in [-0.25, -0.2) is 0 Å². The molecule has 130 valence electrons. The van der Waals surface area contributed by atoms with Crippen LogP contribution >= 0.6 is 0 Å². The molecular formula is C19H21N3O3. The maximum absolute atomic E-state index is 12.6. The number of rotatable bonds is 2. The summed E-state index contributed by atoms with van der Waals surface area (Å²) in [6, 6.07) is 11.4. The number of para-hydroxylation sites is 1. The Morgan fingerprint density at radius 1 is 1.16 bits per heavy atom. The maximum atomic E-state index is 12.6. The lowest BCUT2D eigenvalue weighted by Gasteiger charge is -2.46. The third-order valence-electron chi connectivity index (χ3n) is 5.39. The minimum Gasteiger partial charge on any atom is -0.472 e. The Morgan fingerprint density at radius 2 is 1.96 bits per heavy atom. The Kier molecular flexibility index (Phi) is 3.84. The van der Waals surface area contributed by atoms with Crippen molar-refractivity contribution in [3.05, 3.63) is 54.5 Å². The van der Waals surface area contributed by atoms with Crippen molar-refractivity contribution in [3.8, 4) is 0 Å². The van der Waals surface area contributed by atoms with Crippen LogP contribution in [0.1, 0.15) is 16.8 Å². The van der Waals surface area contributed by atoms with E-state index in [1.54, 1.807) is 6.07 Å². The lowest BCUT2D eigenvalue weighted by molar-refractivity contribution is -0.123. The van der Waals surface area contributed by atoms with Crippen LogP contribution in [0, 0.1) is 0 Å². The number of nitrogens with zero attached hydrogens (tertiary/aromatic N) is 3. The van der Waals surface area contributed by atoms with Crippen molar-refractivity contribution in [1.29, 1.82) is 0 Å². The van der Waals surface area contributed by atoms with E-state index < -0.39 is 0 Å². The highest BCUT2D eigenvalue weighted by Crippen LogP contribution is 2.33. The minimum absolute atomic E-state index is 0.0119. The molecule has 2 saturated heterocycles. The molecule has 4 rings (SSSR count). The van der Waals surface area contributed by atoms with Gasteiger partial charge in [-0.2, -0.15) is 0 Å². The van der Waals surface area contributed by atoms with Crippen LogP contribution in [0.5, 0.6) is 0 Å². The highest BCUT2D eigenvalue weighted by Gasteiger charge is 2.48. The third kappa shape index (κ3) is 2.72. The molecule has 1 atom stereocenters. The molecule has 0 saturated carbocycles. The smallest absolute Gasteiger partial charge is 0.257 e. The molecule has 1 aromatic carbocycles. The van der Waals surface area contributed by atoms with Gasteiger partial charge in [-0.15, -0.1) is 0 Å². The van der Waals surface area contributed by atoms with E-state index in [0.717, 1.165) is 12.1 Å². The van der Waals surface area contributed by atoms with Crippen LogP contribution in [0.4, 0.5) is 5.69 Å². The molecule has 0 N–H and O–H groups in total. The zero-order chi connectivity index (χ0) is 17.4. The predicted octanol–water partition coefficient (Wildman–Crippen LogP) is 1.84. The fraction of sp³-hybridized carbons (Fsp3) is 0.368. The van der Waals surface area contributed by atoms with Gasteiger partial charge in [-0.3, -0.25) is 14.5 Å². The summed E-state index contributed by atoms with van der Waals surface area (Å²) < 4.78 is 5.03. The van der Waals surface area contributed by atoms with Gasteiger partial charge in [0.15, 0.2) is 0 Å². The zero-order valence-corrected chi connectivity index (χ0v) is 14.2. The molecule has 2 aliphatic heterocycles. The molecule has 2 amide bonds. The Labute approximate surface area is 146 Å². The Bertz CT molecular complexity index is 774. The van der Waals surface area contributed by atoms with E-state index >= 15 is 0 Å². The number of hydrogen-bond acceptors (Lipinski definition) is 4. The second-order valence-electron chi connectivity index (χ2n) is 6.88. The average Bonchev–Trinajstić information content (AvgIpc) is 3.30. The molecule has 0 unspecified atom stereocenters. The summed E-state index contributed by atoms with van der Waals surface area (Å²) in [4.78, 5) is 31.0. The van der Waals surface area contributed by atoms with E-state index in [4.69, 9.17) is 4.42 Å². The lowest BCUT2D eigenvalue weighted by Crippen LogP contribution is -2.64. The fourth-order valence-corrected chi connectivity index (χ4v) is 3.84. The molecule has 1 aromatic heterocycles. The van der Waals surface area contributed by atoms with E-state index in [0.29, 0.717) is 31.7 Å². The Morgan fingerprint density at radius 3 is 2.68 bits per heavy atom. The minimum atomic E-state index is -0.205. The number of carbonyl (C=O) groups excluding carboxylic acids is 2. The summed E-state index contributed by atoms with van der Waals surface area (Å²) in [5.74, 6) is 0.0844. The number of benzene rings is 1. The van der Waals surface area contributed by atoms with Crippen molar-refractivity contribution in [2.24, 2.45) is 0 Å². The van der Waals surface area contributed by atoms with E-state index in [-0.39, 0.29) is 17.4 Å². The van der Waals surface area contributed by atoms with Crippen LogP contribution < -0.4 is 4.90 Å². The number of carbonyl (C=O) groups is 2. The van der Waals surface area contributed by atoms with Crippen molar-refractivity contribution in [2.75, 3.05) is 38.1 Å². The number of anilines is 1. The van der Waals surface area contributed by atoms with Crippen LogP contribution in [0.25, 0.3) is 0 Å². The standard InChI is InChI=1S/C19H21N3O3/c1-20-11-17(23)22(16-5-3-2-4-6-16)14-19(20)8-9-21(13-19)18(24)15-7-10-25-12-15/h2-7,10,12H,8-9,11,13-14H2,1H3/t19-/m1/s1. The highest BCUT2D eigenvalue weighted by molar-refractivity contribution is 5.96. The van der Waals surface area contributed by atoms with Gasteiger partial charge in [0.1, 0.15) is 6.26 Å². The SMILES string of the molecule is CN1CC(=O)N(c2ccccc2)C[C@]12CCN(C(=O)c1ccoc1)C2. The molecule has 2 aliphatic rings. The zero-order valence-electron chi connectivity index (χ0n) is 14.2. The number of furan rings is 1. The van der Waals surface area contributed by atoms with Crippen molar-refractivity contribution in [3.63, 3.8) is 0 Å². The van der Waals surface area contributed by atoms with Crippen molar-refractivity contribution in [2.45, 2.75) is 12.0 Å². The number of hydrogen-bond donors (Lipinski definition) is 0. The van der Waals surface area contributed by atoms with Gasteiger partial charge in [0.2, 0.25) is 5.91 Å². The molecule has 3 heterocycles. The summed E-state index contributed by atoms with van der Waals surface area (Å²) in [6.07, 6.45) is 3.85. The predicted molar refractivity (Wildman–Crippen MR) is 93.4 cm³/mol. The second-order valence-corrected chi connectivity index (χ2v) is 6.88. The highest BCUT2D eigenvalue weighted by atomic mass is 16.3. The molecule has 0 radical (unpaired) electrons. The largest absolute Gasteiger partial charge is 0.472 e. The molecule has 2 fully saturated rings. The normalized spacial score (nSPS) is 24.3. The van der Waals surface area contributed by atoms with Gasteiger partial charge >= 0.3 is 0 Å². The van der Waals surface area contributed by atoms with Crippen LogP contribution in [-0.2, 0) is 4.79 Å². The van der Waals surface area contributed by atoms with E-state index in [1.165, 1.54) is 12.5 Å². The first kappa shape index (κ1) is 15.9. The van der Waals surface area contributed by atoms with Gasteiger partial charge < -0.3 is 14.2 Å². The molecule has 6 heteroatoms. The monoisotopic (exact) mass is 339 g/mol. The molecule has 0 aliphatic carbocycles. The van der Waals surface area contributed by atoms with Crippen LogP contribution in [0.2, 0.25) is 0 Å². The summed E-state index contributed by atoms with van der Waals surface area (Å²) in [5, 5.41) is 0. The quantitative estimate of drug-likeness (QED) is 0.838. The molecule has 25 heavy (non-hydrogen) atoms. The van der Waals surface area contributed by atoms with Crippen molar-refractivity contribution >= 4 is 17.5 Å². The summed E-state index contributed by atoms with van der Waals surface area (Å²) in [7, 11) is 1.98. The fourth-order valence-electron chi connectivity index (χ4n) is 3.84. The maximum Gasteiger partial charge on any atom is 0.257 e. The molecule has 6 nitrogen and oxygen atoms in total. The molecule has 2 aromatic rings. The molecule has 0 bridgehead atoms. The topological polar surface area (TPSA) is 57.0 Å². The first-order valence-electron chi connectivity index (χ1n) is 8.47. The Hall–Kier alpha value is -2.60. The molecule has 1 spiro atoms. The second kappa shape index (κ2) is 6.04. The number of piperazine rings is 1. The first-order valence-corrected chi connectivity index (χ1v) is 8.47. The van der Waals surface area contributed by atoms with Gasteiger partial charge in [0, 0.05) is 25.3 Å². The number of amides is 2. The van der Waals surface area contributed by atoms with E-state index in [1.807, 2.05) is 47.2 Å². The summed E-state index contributed by atoms with van der Waals surface area (Å²) in [5.41, 5.74) is 1.29. The van der Waals surface area contributed by atoms with Crippen LogP contribution in [-0.4, -0.2) is 60.4 Å². The van der Waals surface area contributed by atoms with Crippen molar-refractivity contribution in [1.82, 2.24) is 9.80 Å². The van der Waals surface area contributed by atoms with Crippen LogP contribution in [0.15, 0.2) is 53.3 Å². The van der Waals surface area contributed by atoms with Crippen molar-refractivity contribution < 1.29 is 14.0 Å². The van der Waals surface area contributed by atoms with Gasteiger partial charge in [0.25, 0.3) is 5.91 Å². The Balaban J connectivity index is 1.56. The van der Waals surface area contributed by atoms with E-state index in [9.17, 15) is 9.59 Å². The third-order valence-corrected chi connectivity index (χ3v) is 5.39. The average molecular weight is 339 g/mol. The first-order chi connectivity index (χ1) is 12.1.